The Labute approximate surface area is 105 Å². The third-order valence-electron chi connectivity index (χ3n) is 3.03. The van der Waals surface area contributed by atoms with E-state index in [9.17, 15) is 5.11 Å². The zero-order valence-corrected chi connectivity index (χ0v) is 10.4. The highest BCUT2D eigenvalue weighted by atomic mass is 16.3. The van der Waals surface area contributed by atoms with Crippen LogP contribution in [0.2, 0.25) is 0 Å². The average molecular weight is 241 g/mol. The Kier molecular flexibility index (Phi) is 2.28. The minimum atomic E-state index is -0.954. The van der Waals surface area contributed by atoms with Crippen LogP contribution < -0.4 is 0 Å². The third-order valence-corrected chi connectivity index (χ3v) is 3.03. The van der Waals surface area contributed by atoms with Crippen molar-refractivity contribution in [2.24, 2.45) is 0 Å². The molecule has 92 valence electrons. The number of rotatable bonds is 2. The summed E-state index contributed by atoms with van der Waals surface area (Å²) in [6, 6.07) is 8.10. The van der Waals surface area contributed by atoms with E-state index in [1.807, 2.05) is 24.4 Å². The topological polar surface area (TPSA) is 64.7 Å². The molecular formula is C14H15N3O. The van der Waals surface area contributed by atoms with Crippen LogP contribution in [0.5, 0.6) is 0 Å². The van der Waals surface area contributed by atoms with Crippen molar-refractivity contribution in [3.05, 3.63) is 42.5 Å². The summed E-state index contributed by atoms with van der Waals surface area (Å²) in [4.78, 5) is 10.6. The quantitative estimate of drug-likeness (QED) is 0.646. The van der Waals surface area contributed by atoms with E-state index in [4.69, 9.17) is 0 Å². The van der Waals surface area contributed by atoms with Gasteiger partial charge in [-0.15, -0.1) is 0 Å². The molecule has 0 unspecified atom stereocenters. The van der Waals surface area contributed by atoms with E-state index in [1.54, 1.807) is 20.0 Å². The summed E-state index contributed by atoms with van der Waals surface area (Å²) >= 11 is 0. The number of benzene rings is 1. The maximum absolute atomic E-state index is 9.91. The summed E-state index contributed by atoms with van der Waals surface area (Å²) in [5.74, 6) is 0.572. The molecule has 1 aromatic carbocycles. The number of hydrogen-bond acceptors (Lipinski definition) is 2. The molecule has 2 heterocycles. The third kappa shape index (κ3) is 1.71. The fourth-order valence-electron chi connectivity index (χ4n) is 2.06. The Bertz CT molecular complexity index is 688. The van der Waals surface area contributed by atoms with Crippen LogP contribution >= 0.6 is 0 Å². The van der Waals surface area contributed by atoms with Crippen molar-refractivity contribution in [3.8, 4) is 11.3 Å². The van der Waals surface area contributed by atoms with Gasteiger partial charge in [-0.2, -0.15) is 0 Å². The first-order valence-corrected chi connectivity index (χ1v) is 5.90. The summed E-state index contributed by atoms with van der Waals surface area (Å²) in [7, 11) is 0. The smallest absolute Gasteiger partial charge is 0.138 e. The molecule has 2 aromatic heterocycles. The lowest BCUT2D eigenvalue weighted by Gasteiger charge is -2.12. The van der Waals surface area contributed by atoms with Crippen molar-refractivity contribution >= 4 is 10.9 Å². The van der Waals surface area contributed by atoms with Crippen LogP contribution in [0.15, 0.2) is 36.7 Å². The van der Waals surface area contributed by atoms with Crippen LogP contribution in [0.4, 0.5) is 0 Å². The maximum atomic E-state index is 9.91. The molecule has 4 heteroatoms. The molecule has 0 saturated heterocycles. The van der Waals surface area contributed by atoms with E-state index in [0.29, 0.717) is 5.82 Å². The zero-order valence-electron chi connectivity index (χ0n) is 10.4. The molecule has 0 radical (unpaired) electrons. The van der Waals surface area contributed by atoms with E-state index >= 15 is 0 Å². The Morgan fingerprint density at radius 3 is 2.72 bits per heavy atom. The van der Waals surface area contributed by atoms with Crippen LogP contribution in [-0.4, -0.2) is 20.1 Å². The second-order valence-corrected chi connectivity index (χ2v) is 4.95. The summed E-state index contributed by atoms with van der Waals surface area (Å²) in [6.45, 7) is 3.43. The van der Waals surface area contributed by atoms with Gasteiger partial charge in [-0.1, -0.05) is 18.2 Å². The van der Waals surface area contributed by atoms with Gasteiger partial charge in [0.1, 0.15) is 11.4 Å². The lowest BCUT2D eigenvalue weighted by Crippen LogP contribution is -2.17. The second-order valence-electron chi connectivity index (χ2n) is 4.95. The lowest BCUT2D eigenvalue weighted by molar-refractivity contribution is 0.0697. The van der Waals surface area contributed by atoms with E-state index in [0.717, 1.165) is 22.2 Å². The molecule has 0 aliphatic carbocycles. The molecule has 0 bridgehead atoms. The SMILES string of the molecule is CC(C)(O)c1ncc(-c2c[nH]c3ccccc23)[nH]1. The van der Waals surface area contributed by atoms with Crippen molar-refractivity contribution in [2.45, 2.75) is 19.4 Å². The Morgan fingerprint density at radius 2 is 2.00 bits per heavy atom. The van der Waals surface area contributed by atoms with Crippen molar-refractivity contribution in [2.75, 3.05) is 0 Å². The van der Waals surface area contributed by atoms with Gasteiger partial charge < -0.3 is 15.1 Å². The largest absolute Gasteiger partial charge is 0.383 e. The zero-order chi connectivity index (χ0) is 12.8. The molecular weight excluding hydrogens is 226 g/mol. The molecule has 4 nitrogen and oxygen atoms in total. The van der Waals surface area contributed by atoms with Gasteiger partial charge in [-0.3, -0.25) is 0 Å². The van der Waals surface area contributed by atoms with E-state index in [1.165, 1.54) is 0 Å². The van der Waals surface area contributed by atoms with Gasteiger partial charge in [-0.05, 0) is 19.9 Å². The van der Waals surface area contributed by atoms with Crippen molar-refractivity contribution in [1.29, 1.82) is 0 Å². The normalized spacial score (nSPS) is 12.2. The number of fused-ring (bicyclic) bond motifs is 1. The number of imidazole rings is 1. The molecule has 0 fully saturated rings. The Balaban J connectivity index is 2.13. The second kappa shape index (κ2) is 3.71. The number of aromatic amines is 2. The van der Waals surface area contributed by atoms with Crippen molar-refractivity contribution in [3.63, 3.8) is 0 Å². The van der Waals surface area contributed by atoms with Gasteiger partial charge >= 0.3 is 0 Å². The van der Waals surface area contributed by atoms with Crippen molar-refractivity contribution in [1.82, 2.24) is 15.0 Å². The number of nitrogens with one attached hydrogen (secondary N) is 2. The fraction of sp³-hybridized carbons (Fsp3) is 0.214. The number of aliphatic hydroxyl groups is 1. The minimum Gasteiger partial charge on any atom is -0.383 e. The van der Waals surface area contributed by atoms with Gasteiger partial charge in [-0.25, -0.2) is 4.98 Å². The van der Waals surface area contributed by atoms with Crippen LogP contribution in [0.25, 0.3) is 22.2 Å². The molecule has 0 spiro atoms. The van der Waals surface area contributed by atoms with Crippen LogP contribution in [-0.2, 0) is 5.60 Å². The first kappa shape index (κ1) is 11.0. The van der Waals surface area contributed by atoms with Gasteiger partial charge in [0, 0.05) is 22.7 Å². The van der Waals surface area contributed by atoms with E-state index in [-0.39, 0.29) is 0 Å². The average Bonchev–Trinajstić information content (AvgIpc) is 2.94. The van der Waals surface area contributed by atoms with E-state index in [2.05, 4.69) is 21.0 Å². The highest BCUT2D eigenvalue weighted by molar-refractivity contribution is 5.94. The number of hydrogen-bond donors (Lipinski definition) is 3. The first-order valence-electron chi connectivity index (χ1n) is 5.90. The molecule has 0 atom stereocenters. The fourth-order valence-corrected chi connectivity index (χ4v) is 2.06. The highest BCUT2D eigenvalue weighted by Crippen LogP contribution is 2.28. The van der Waals surface area contributed by atoms with Crippen LogP contribution in [0, 0.1) is 0 Å². The molecule has 3 N–H and O–H groups in total. The number of para-hydroxylation sites is 1. The number of H-pyrrole nitrogens is 2. The highest BCUT2D eigenvalue weighted by Gasteiger charge is 2.20. The van der Waals surface area contributed by atoms with Gasteiger partial charge in [0.15, 0.2) is 0 Å². The van der Waals surface area contributed by atoms with Gasteiger partial charge in [0.2, 0.25) is 0 Å². The predicted molar refractivity (Wildman–Crippen MR) is 71.1 cm³/mol. The molecule has 3 aromatic rings. The summed E-state index contributed by atoms with van der Waals surface area (Å²) in [6.07, 6.45) is 3.70. The van der Waals surface area contributed by atoms with Gasteiger partial charge in [0.25, 0.3) is 0 Å². The molecule has 0 saturated carbocycles. The monoisotopic (exact) mass is 241 g/mol. The predicted octanol–water partition coefficient (Wildman–Crippen LogP) is 2.79. The molecule has 0 aliphatic heterocycles. The maximum Gasteiger partial charge on any atom is 0.138 e. The first-order chi connectivity index (χ1) is 8.55. The molecule has 18 heavy (non-hydrogen) atoms. The van der Waals surface area contributed by atoms with E-state index < -0.39 is 5.60 Å². The summed E-state index contributed by atoms with van der Waals surface area (Å²) < 4.78 is 0. The van der Waals surface area contributed by atoms with Gasteiger partial charge in [0.05, 0.1) is 11.9 Å². The summed E-state index contributed by atoms with van der Waals surface area (Å²) in [5.41, 5.74) is 2.11. The standard InChI is InChI=1S/C14H15N3O/c1-14(2,18)13-16-8-12(17-13)10-7-15-11-6-4-3-5-9(10)11/h3-8,15,18H,1-2H3,(H,16,17). The molecule has 0 aliphatic rings. The molecule has 3 rings (SSSR count). The molecule has 0 amide bonds. The number of aromatic nitrogens is 3. The minimum absolute atomic E-state index is 0.572. The Hall–Kier alpha value is -2.07. The van der Waals surface area contributed by atoms with Crippen LogP contribution in [0.1, 0.15) is 19.7 Å². The van der Waals surface area contributed by atoms with Crippen molar-refractivity contribution < 1.29 is 5.11 Å². The lowest BCUT2D eigenvalue weighted by atomic mass is 10.1. The Morgan fingerprint density at radius 1 is 1.22 bits per heavy atom. The summed E-state index contributed by atoms with van der Waals surface area (Å²) in [5, 5.41) is 11.1. The number of nitrogens with zero attached hydrogens (tertiary/aromatic N) is 1. The van der Waals surface area contributed by atoms with Crippen LogP contribution in [0.3, 0.4) is 0 Å².